The number of anilines is 1. The Morgan fingerprint density at radius 3 is 2.89 bits per heavy atom. The van der Waals surface area contributed by atoms with Crippen LogP contribution < -0.4 is 5.73 Å². The van der Waals surface area contributed by atoms with Crippen molar-refractivity contribution in [2.45, 2.75) is 26.6 Å². The van der Waals surface area contributed by atoms with E-state index in [2.05, 4.69) is 35.0 Å². The zero-order valence-corrected chi connectivity index (χ0v) is 10.6. The number of aryl methyl sites for hydroxylation is 1. The molecular weight excluding hydrogens is 222 g/mol. The minimum atomic E-state index is 0.857. The van der Waals surface area contributed by atoms with Gasteiger partial charge >= 0.3 is 0 Å². The van der Waals surface area contributed by atoms with Crippen molar-refractivity contribution in [1.29, 1.82) is 0 Å². The molecule has 92 valence electrons. The maximum absolute atomic E-state index is 5.83. The van der Waals surface area contributed by atoms with Crippen molar-refractivity contribution in [2.75, 3.05) is 5.73 Å². The molecule has 0 spiro atoms. The minimum Gasteiger partial charge on any atom is -0.399 e. The van der Waals surface area contributed by atoms with Crippen LogP contribution in [0.2, 0.25) is 0 Å². The third-order valence-corrected chi connectivity index (χ3v) is 3.55. The molecule has 1 aliphatic heterocycles. The van der Waals surface area contributed by atoms with E-state index in [1.165, 1.54) is 22.3 Å². The summed E-state index contributed by atoms with van der Waals surface area (Å²) in [5.74, 6) is 0. The van der Waals surface area contributed by atoms with Crippen LogP contribution in [0.1, 0.15) is 22.3 Å². The van der Waals surface area contributed by atoms with Gasteiger partial charge in [0.25, 0.3) is 0 Å². The first kappa shape index (κ1) is 11.2. The molecule has 0 radical (unpaired) electrons. The average Bonchev–Trinajstić information content (AvgIpc) is 2.73. The quantitative estimate of drug-likeness (QED) is 0.819. The summed E-state index contributed by atoms with van der Waals surface area (Å²) in [4.78, 5) is 6.57. The highest BCUT2D eigenvalue weighted by atomic mass is 15.1. The van der Waals surface area contributed by atoms with E-state index in [1.807, 2.05) is 18.5 Å². The van der Waals surface area contributed by atoms with Crippen LogP contribution in [0, 0.1) is 6.92 Å². The van der Waals surface area contributed by atoms with Gasteiger partial charge < -0.3 is 5.73 Å². The van der Waals surface area contributed by atoms with Gasteiger partial charge in [0, 0.05) is 37.7 Å². The third-order valence-electron chi connectivity index (χ3n) is 3.55. The highest BCUT2D eigenvalue weighted by Gasteiger charge is 2.19. The molecule has 1 aliphatic rings. The van der Waals surface area contributed by atoms with E-state index in [-0.39, 0.29) is 0 Å². The van der Waals surface area contributed by atoms with E-state index in [0.717, 1.165) is 25.3 Å². The molecule has 3 heteroatoms. The Kier molecular flexibility index (Phi) is 2.76. The van der Waals surface area contributed by atoms with E-state index in [0.29, 0.717) is 0 Å². The molecule has 0 saturated carbocycles. The molecule has 0 bridgehead atoms. The Morgan fingerprint density at radius 1 is 1.22 bits per heavy atom. The number of nitrogens with two attached hydrogens (primary N) is 1. The van der Waals surface area contributed by atoms with E-state index < -0.39 is 0 Å². The third kappa shape index (κ3) is 2.09. The number of nitrogens with zero attached hydrogens (tertiary/aromatic N) is 2. The fourth-order valence-corrected chi connectivity index (χ4v) is 2.52. The lowest BCUT2D eigenvalue weighted by Gasteiger charge is -2.16. The Morgan fingerprint density at radius 2 is 2.06 bits per heavy atom. The van der Waals surface area contributed by atoms with Crippen LogP contribution in [0.5, 0.6) is 0 Å². The number of aromatic nitrogens is 1. The van der Waals surface area contributed by atoms with Crippen LogP contribution >= 0.6 is 0 Å². The van der Waals surface area contributed by atoms with Gasteiger partial charge in [-0.1, -0.05) is 6.07 Å². The first-order valence-corrected chi connectivity index (χ1v) is 6.21. The van der Waals surface area contributed by atoms with Gasteiger partial charge in [0.1, 0.15) is 0 Å². The second kappa shape index (κ2) is 4.42. The standard InChI is InChI=1S/C15H17N3/c1-11-7-17-5-4-12(11)8-18-9-13-2-3-15(16)6-14(13)10-18/h2-7H,8-10,16H2,1H3. The van der Waals surface area contributed by atoms with Gasteiger partial charge in [0.15, 0.2) is 0 Å². The summed E-state index contributed by atoms with van der Waals surface area (Å²) in [6.07, 6.45) is 3.79. The van der Waals surface area contributed by atoms with Gasteiger partial charge in [0.05, 0.1) is 0 Å². The minimum absolute atomic E-state index is 0.857. The average molecular weight is 239 g/mol. The van der Waals surface area contributed by atoms with Crippen LogP contribution in [0.4, 0.5) is 5.69 Å². The Hall–Kier alpha value is -1.87. The molecular formula is C15H17N3. The second-order valence-electron chi connectivity index (χ2n) is 4.98. The van der Waals surface area contributed by atoms with Gasteiger partial charge in [-0.15, -0.1) is 0 Å². The summed E-state index contributed by atoms with van der Waals surface area (Å²) in [6, 6.07) is 8.32. The van der Waals surface area contributed by atoms with Gasteiger partial charge in [0.2, 0.25) is 0 Å². The van der Waals surface area contributed by atoms with Gasteiger partial charge in [-0.3, -0.25) is 9.88 Å². The number of benzene rings is 1. The summed E-state index contributed by atoms with van der Waals surface area (Å²) in [5.41, 5.74) is 12.1. The molecule has 1 aromatic heterocycles. The fraction of sp³-hybridized carbons (Fsp3) is 0.267. The molecule has 0 atom stereocenters. The van der Waals surface area contributed by atoms with Crippen LogP contribution in [0.25, 0.3) is 0 Å². The van der Waals surface area contributed by atoms with Gasteiger partial charge in [-0.2, -0.15) is 0 Å². The zero-order valence-electron chi connectivity index (χ0n) is 10.6. The van der Waals surface area contributed by atoms with Gasteiger partial charge in [-0.05, 0) is 47.4 Å². The lowest BCUT2D eigenvalue weighted by atomic mass is 10.1. The normalized spacial score (nSPS) is 14.7. The Bertz CT molecular complexity index is 578. The predicted octanol–water partition coefficient (Wildman–Crippen LogP) is 2.49. The number of pyridine rings is 1. The van der Waals surface area contributed by atoms with E-state index in [9.17, 15) is 0 Å². The molecule has 0 unspecified atom stereocenters. The van der Waals surface area contributed by atoms with Crippen LogP contribution in [0.3, 0.4) is 0 Å². The summed E-state index contributed by atoms with van der Waals surface area (Å²) < 4.78 is 0. The lowest BCUT2D eigenvalue weighted by Crippen LogP contribution is -2.16. The van der Waals surface area contributed by atoms with Crippen molar-refractivity contribution in [3.63, 3.8) is 0 Å². The summed E-state index contributed by atoms with van der Waals surface area (Å²) in [5, 5.41) is 0. The van der Waals surface area contributed by atoms with Crippen molar-refractivity contribution >= 4 is 5.69 Å². The highest BCUT2D eigenvalue weighted by Crippen LogP contribution is 2.26. The molecule has 2 aromatic rings. The van der Waals surface area contributed by atoms with Crippen LogP contribution in [0.15, 0.2) is 36.7 Å². The predicted molar refractivity (Wildman–Crippen MR) is 72.8 cm³/mol. The largest absolute Gasteiger partial charge is 0.399 e. The van der Waals surface area contributed by atoms with Crippen molar-refractivity contribution < 1.29 is 0 Å². The summed E-state index contributed by atoms with van der Waals surface area (Å²) in [6.45, 7) is 5.09. The zero-order chi connectivity index (χ0) is 12.5. The fourth-order valence-electron chi connectivity index (χ4n) is 2.52. The Labute approximate surface area is 107 Å². The SMILES string of the molecule is Cc1cnccc1CN1Cc2ccc(N)cc2C1. The second-order valence-corrected chi connectivity index (χ2v) is 4.98. The first-order chi connectivity index (χ1) is 8.72. The van der Waals surface area contributed by atoms with Crippen LogP contribution in [-0.2, 0) is 19.6 Å². The first-order valence-electron chi connectivity index (χ1n) is 6.21. The van der Waals surface area contributed by atoms with E-state index in [4.69, 9.17) is 5.73 Å². The van der Waals surface area contributed by atoms with Crippen molar-refractivity contribution in [1.82, 2.24) is 9.88 Å². The number of hydrogen-bond acceptors (Lipinski definition) is 3. The van der Waals surface area contributed by atoms with Gasteiger partial charge in [-0.25, -0.2) is 0 Å². The molecule has 0 saturated heterocycles. The van der Waals surface area contributed by atoms with Crippen molar-refractivity contribution in [3.8, 4) is 0 Å². The van der Waals surface area contributed by atoms with Crippen molar-refractivity contribution in [3.05, 3.63) is 58.9 Å². The van der Waals surface area contributed by atoms with E-state index in [1.54, 1.807) is 0 Å². The molecule has 2 N–H and O–H groups in total. The maximum atomic E-state index is 5.83. The number of rotatable bonds is 2. The molecule has 2 heterocycles. The van der Waals surface area contributed by atoms with Crippen molar-refractivity contribution in [2.24, 2.45) is 0 Å². The Balaban J connectivity index is 1.77. The smallest absolute Gasteiger partial charge is 0.0317 e. The maximum Gasteiger partial charge on any atom is 0.0317 e. The highest BCUT2D eigenvalue weighted by molar-refractivity contribution is 5.46. The number of nitrogen functional groups attached to an aromatic ring is 1. The monoisotopic (exact) mass is 239 g/mol. The lowest BCUT2D eigenvalue weighted by molar-refractivity contribution is 0.275. The summed E-state index contributed by atoms with van der Waals surface area (Å²) in [7, 11) is 0. The molecule has 18 heavy (non-hydrogen) atoms. The molecule has 3 nitrogen and oxygen atoms in total. The van der Waals surface area contributed by atoms with Crippen LogP contribution in [-0.4, -0.2) is 9.88 Å². The molecule has 1 aromatic carbocycles. The topological polar surface area (TPSA) is 42.2 Å². The van der Waals surface area contributed by atoms with E-state index >= 15 is 0 Å². The summed E-state index contributed by atoms with van der Waals surface area (Å²) >= 11 is 0. The molecule has 0 fully saturated rings. The molecule has 0 aliphatic carbocycles. The molecule has 3 rings (SSSR count). The number of fused-ring (bicyclic) bond motifs is 1. The molecule has 0 amide bonds. The number of hydrogen-bond donors (Lipinski definition) is 1.